The maximum atomic E-state index is 10.7. The lowest BCUT2D eigenvalue weighted by Crippen LogP contribution is -2.64. The van der Waals surface area contributed by atoms with Crippen molar-refractivity contribution in [3.05, 3.63) is 0 Å². The van der Waals surface area contributed by atoms with Gasteiger partial charge < -0.3 is 30.5 Å². The van der Waals surface area contributed by atoms with Gasteiger partial charge in [-0.3, -0.25) is 4.79 Å². The number of carboxylic acid groups (broad SMARTS) is 1. The second-order valence-electron chi connectivity index (χ2n) is 3.49. The summed E-state index contributed by atoms with van der Waals surface area (Å²) >= 11 is 0. The van der Waals surface area contributed by atoms with Crippen molar-refractivity contribution in [2.75, 3.05) is 0 Å². The highest BCUT2D eigenvalue weighted by Crippen LogP contribution is 2.20. The SMILES string of the molecule is CC(=O)NC1C(O)O[C@H](C(=O)O)[C@@H](O)[C@@H]1O. The van der Waals surface area contributed by atoms with E-state index in [1.807, 2.05) is 0 Å². The van der Waals surface area contributed by atoms with Crippen molar-refractivity contribution in [1.82, 2.24) is 5.32 Å². The van der Waals surface area contributed by atoms with Crippen LogP contribution in [0.25, 0.3) is 0 Å². The summed E-state index contributed by atoms with van der Waals surface area (Å²) in [6.45, 7) is 1.15. The molecule has 1 aliphatic heterocycles. The van der Waals surface area contributed by atoms with Crippen molar-refractivity contribution in [3.8, 4) is 0 Å². The Hall–Kier alpha value is -1.22. The van der Waals surface area contributed by atoms with E-state index in [0.29, 0.717) is 0 Å². The van der Waals surface area contributed by atoms with Gasteiger partial charge in [-0.15, -0.1) is 0 Å². The smallest absolute Gasteiger partial charge is 0.335 e. The van der Waals surface area contributed by atoms with Gasteiger partial charge >= 0.3 is 5.97 Å². The normalized spacial score (nSPS) is 39.1. The Morgan fingerprint density at radius 1 is 1.19 bits per heavy atom. The molecule has 0 aromatic rings. The third-order valence-electron chi connectivity index (χ3n) is 2.23. The fourth-order valence-corrected chi connectivity index (χ4v) is 1.47. The molecule has 5 N–H and O–H groups in total. The van der Waals surface area contributed by atoms with Crippen LogP contribution in [-0.4, -0.2) is 62.9 Å². The predicted octanol–water partition coefficient (Wildman–Crippen LogP) is -2.99. The fourth-order valence-electron chi connectivity index (χ4n) is 1.47. The Balaban J connectivity index is 2.79. The van der Waals surface area contributed by atoms with E-state index in [9.17, 15) is 24.9 Å². The van der Waals surface area contributed by atoms with Gasteiger partial charge in [0.05, 0.1) is 0 Å². The third kappa shape index (κ3) is 2.47. The van der Waals surface area contributed by atoms with Gasteiger partial charge in [-0.2, -0.15) is 0 Å². The van der Waals surface area contributed by atoms with Gasteiger partial charge in [0.2, 0.25) is 5.91 Å². The first kappa shape index (κ1) is 12.8. The van der Waals surface area contributed by atoms with E-state index in [-0.39, 0.29) is 0 Å². The van der Waals surface area contributed by atoms with Crippen molar-refractivity contribution in [3.63, 3.8) is 0 Å². The summed E-state index contributed by atoms with van der Waals surface area (Å²) in [5.41, 5.74) is 0. The number of ether oxygens (including phenoxy) is 1. The molecule has 8 heteroatoms. The van der Waals surface area contributed by atoms with Crippen LogP contribution in [0.2, 0.25) is 0 Å². The van der Waals surface area contributed by atoms with Crippen LogP contribution in [0.5, 0.6) is 0 Å². The van der Waals surface area contributed by atoms with E-state index in [0.717, 1.165) is 6.92 Å². The van der Waals surface area contributed by atoms with E-state index < -0.39 is 42.5 Å². The first-order valence-electron chi connectivity index (χ1n) is 4.54. The molecule has 5 atom stereocenters. The number of nitrogens with one attached hydrogen (secondary N) is 1. The first-order valence-corrected chi connectivity index (χ1v) is 4.54. The molecule has 0 aromatic carbocycles. The number of carbonyl (C=O) groups excluding carboxylic acids is 1. The molecule has 0 spiro atoms. The van der Waals surface area contributed by atoms with Gasteiger partial charge in [-0.1, -0.05) is 0 Å². The van der Waals surface area contributed by atoms with Crippen molar-refractivity contribution in [2.24, 2.45) is 0 Å². The Bertz CT molecular complexity index is 294. The molecule has 1 amide bonds. The molecule has 1 aliphatic rings. The first-order chi connectivity index (χ1) is 7.34. The Morgan fingerprint density at radius 3 is 2.19 bits per heavy atom. The lowest BCUT2D eigenvalue weighted by atomic mass is 9.97. The van der Waals surface area contributed by atoms with E-state index >= 15 is 0 Å². The molecule has 0 saturated carbocycles. The number of carboxylic acids is 1. The van der Waals surface area contributed by atoms with E-state index in [1.54, 1.807) is 0 Å². The molecular weight excluding hydrogens is 222 g/mol. The maximum Gasteiger partial charge on any atom is 0.335 e. The van der Waals surface area contributed by atoms with Crippen LogP contribution in [0.1, 0.15) is 6.92 Å². The van der Waals surface area contributed by atoms with E-state index in [1.165, 1.54) is 0 Å². The summed E-state index contributed by atoms with van der Waals surface area (Å²) in [4.78, 5) is 21.3. The molecule has 1 rings (SSSR count). The van der Waals surface area contributed by atoms with Crippen LogP contribution in [0, 0.1) is 0 Å². The summed E-state index contributed by atoms with van der Waals surface area (Å²) in [5.74, 6) is -2.06. The zero-order chi connectivity index (χ0) is 12.5. The van der Waals surface area contributed by atoms with Crippen LogP contribution in [0.4, 0.5) is 0 Å². The molecular formula is C8H13NO7. The average Bonchev–Trinajstić information content (AvgIpc) is 2.17. The zero-order valence-corrected chi connectivity index (χ0v) is 8.40. The Labute approximate surface area is 90.5 Å². The molecule has 2 unspecified atom stereocenters. The monoisotopic (exact) mass is 235 g/mol. The molecule has 0 radical (unpaired) electrons. The van der Waals surface area contributed by atoms with E-state index in [4.69, 9.17) is 5.11 Å². The molecule has 0 bridgehead atoms. The highest BCUT2D eigenvalue weighted by molar-refractivity contribution is 5.74. The molecule has 0 aromatic heterocycles. The van der Waals surface area contributed by atoms with E-state index in [2.05, 4.69) is 10.1 Å². The lowest BCUT2D eigenvalue weighted by Gasteiger charge is -2.39. The quantitative estimate of drug-likeness (QED) is 0.344. The van der Waals surface area contributed by atoms with Crippen molar-refractivity contribution in [2.45, 2.75) is 37.6 Å². The summed E-state index contributed by atoms with van der Waals surface area (Å²) in [5, 5.41) is 39.0. The number of aliphatic hydroxyl groups excluding tert-OH is 3. The van der Waals surface area contributed by atoms with Crippen LogP contribution in [0.3, 0.4) is 0 Å². The largest absolute Gasteiger partial charge is 0.479 e. The highest BCUT2D eigenvalue weighted by atomic mass is 16.6. The molecule has 1 saturated heterocycles. The van der Waals surface area contributed by atoms with Crippen LogP contribution in [-0.2, 0) is 14.3 Å². The number of hydrogen-bond acceptors (Lipinski definition) is 6. The van der Waals surface area contributed by atoms with Crippen LogP contribution in [0.15, 0.2) is 0 Å². The third-order valence-corrected chi connectivity index (χ3v) is 2.23. The Kier molecular flexibility index (Phi) is 3.81. The molecule has 1 heterocycles. The van der Waals surface area contributed by atoms with Crippen LogP contribution < -0.4 is 5.32 Å². The summed E-state index contributed by atoms with van der Waals surface area (Å²) < 4.78 is 4.58. The fraction of sp³-hybridized carbons (Fsp3) is 0.750. The van der Waals surface area contributed by atoms with Crippen LogP contribution >= 0.6 is 0 Å². The summed E-state index contributed by atoms with van der Waals surface area (Å²) in [6, 6.07) is -1.26. The second kappa shape index (κ2) is 4.74. The average molecular weight is 235 g/mol. The minimum atomic E-state index is -1.73. The van der Waals surface area contributed by atoms with Gasteiger partial charge in [0.25, 0.3) is 0 Å². The van der Waals surface area contributed by atoms with Crippen molar-refractivity contribution < 1.29 is 34.8 Å². The molecule has 16 heavy (non-hydrogen) atoms. The van der Waals surface area contributed by atoms with Gasteiger partial charge in [0.1, 0.15) is 18.2 Å². The highest BCUT2D eigenvalue weighted by Gasteiger charge is 2.47. The minimum absolute atomic E-state index is 0.548. The van der Waals surface area contributed by atoms with Crippen molar-refractivity contribution in [1.29, 1.82) is 0 Å². The second-order valence-corrected chi connectivity index (χ2v) is 3.49. The Morgan fingerprint density at radius 2 is 1.75 bits per heavy atom. The summed E-state index contributed by atoms with van der Waals surface area (Å²) in [6.07, 6.45) is -6.76. The number of hydrogen-bond donors (Lipinski definition) is 5. The molecule has 1 fully saturated rings. The number of amides is 1. The molecule has 92 valence electrons. The van der Waals surface area contributed by atoms with Gasteiger partial charge in [0.15, 0.2) is 12.4 Å². The number of aliphatic carboxylic acids is 1. The van der Waals surface area contributed by atoms with Gasteiger partial charge in [0, 0.05) is 6.92 Å². The maximum absolute atomic E-state index is 10.7. The standard InChI is InChI=1S/C8H13NO7/c1-2(10)9-3-4(11)5(12)6(7(13)14)16-8(3)15/h3-6,8,11-12,15H,1H3,(H,9,10)(H,13,14)/t3?,4-,5+,6+,8?/m1/s1. The molecule has 0 aliphatic carbocycles. The number of carbonyl (C=O) groups is 2. The zero-order valence-electron chi connectivity index (χ0n) is 8.40. The topological polar surface area (TPSA) is 136 Å². The number of aliphatic hydroxyl groups is 3. The summed E-state index contributed by atoms with van der Waals surface area (Å²) in [7, 11) is 0. The molecule has 8 nitrogen and oxygen atoms in total. The van der Waals surface area contributed by atoms with Gasteiger partial charge in [-0.25, -0.2) is 4.79 Å². The lowest BCUT2D eigenvalue weighted by molar-refractivity contribution is -0.249. The predicted molar refractivity (Wildman–Crippen MR) is 48.1 cm³/mol. The minimum Gasteiger partial charge on any atom is -0.479 e. The van der Waals surface area contributed by atoms with Gasteiger partial charge in [-0.05, 0) is 0 Å². The number of rotatable bonds is 2. The van der Waals surface area contributed by atoms with Crippen molar-refractivity contribution >= 4 is 11.9 Å².